The highest BCUT2D eigenvalue weighted by molar-refractivity contribution is 9.10. The van der Waals surface area contributed by atoms with E-state index in [0.717, 1.165) is 28.2 Å². The number of hydrogen-bond acceptors (Lipinski definition) is 3. The molecule has 4 nitrogen and oxygen atoms in total. The molecular weight excluding hydrogens is 475 g/mol. The van der Waals surface area contributed by atoms with Crippen LogP contribution in [0.2, 0.25) is 0 Å². The maximum Gasteiger partial charge on any atom is 0.418 e. The Labute approximate surface area is 185 Å². The van der Waals surface area contributed by atoms with E-state index in [9.17, 15) is 18.0 Å². The molecule has 0 bridgehead atoms. The first-order chi connectivity index (χ1) is 14.7. The number of aromatic nitrogens is 1. The number of rotatable bonds is 4. The molecular formula is C23H19BrF3NO3. The van der Waals surface area contributed by atoms with Crippen molar-refractivity contribution in [1.29, 1.82) is 0 Å². The normalized spacial score (nSPS) is 13.2. The zero-order chi connectivity index (χ0) is 22.3. The average molecular weight is 494 g/mol. The van der Waals surface area contributed by atoms with E-state index in [1.54, 1.807) is 24.4 Å². The summed E-state index contributed by atoms with van der Waals surface area (Å²) in [5.41, 5.74) is 1.06. The number of ether oxygens (including phenoxy) is 2. The second kappa shape index (κ2) is 8.07. The second-order valence-electron chi connectivity index (χ2n) is 7.30. The number of pyridine rings is 1. The summed E-state index contributed by atoms with van der Waals surface area (Å²) in [5, 5.41) is 0. The van der Waals surface area contributed by atoms with Crippen LogP contribution in [-0.4, -0.2) is 18.8 Å². The summed E-state index contributed by atoms with van der Waals surface area (Å²) in [4.78, 5) is 13.6. The molecule has 1 aliphatic carbocycles. The van der Waals surface area contributed by atoms with Crippen molar-refractivity contribution < 1.29 is 22.6 Å². The smallest absolute Gasteiger partial charge is 0.418 e. The van der Waals surface area contributed by atoms with E-state index >= 15 is 0 Å². The molecule has 4 rings (SSSR count). The van der Waals surface area contributed by atoms with E-state index < -0.39 is 17.3 Å². The Balaban J connectivity index is 2.05. The fraction of sp³-hybridized carbons (Fsp3) is 0.261. The SMILES string of the molecule is COc1cc(OC)cc(-c2c3c(cn(-c4cc(Br)ccc4C(F)(F)F)c2=O)CCC3)c1. The molecule has 1 heterocycles. The van der Waals surface area contributed by atoms with Crippen LogP contribution in [0.15, 0.2) is 51.9 Å². The lowest BCUT2D eigenvalue weighted by atomic mass is 9.98. The Hall–Kier alpha value is -2.74. The average Bonchev–Trinajstić information content (AvgIpc) is 3.19. The first kappa shape index (κ1) is 21.5. The van der Waals surface area contributed by atoms with Gasteiger partial charge in [-0.2, -0.15) is 13.2 Å². The molecule has 0 spiro atoms. The number of nitrogens with zero attached hydrogens (tertiary/aromatic N) is 1. The summed E-state index contributed by atoms with van der Waals surface area (Å²) < 4.78 is 53.4. The maximum absolute atomic E-state index is 13.7. The molecule has 0 unspecified atom stereocenters. The minimum absolute atomic E-state index is 0.210. The zero-order valence-corrected chi connectivity index (χ0v) is 18.4. The second-order valence-corrected chi connectivity index (χ2v) is 8.21. The molecule has 2 aromatic carbocycles. The minimum Gasteiger partial charge on any atom is -0.497 e. The topological polar surface area (TPSA) is 40.5 Å². The summed E-state index contributed by atoms with van der Waals surface area (Å²) in [6.07, 6.45) is -0.849. The van der Waals surface area contributed by atoms with Gasteiger partial charge in [-0.1, -0.05) is 15.9 Å². The molecule has 31 heavy (non-hydrogen) atoms. The summed E-state index contributed by atoms with van der Waals surface area (Å²) in [7, 11) is 3.01. The van der Waals surface area contributed by atoms with Gasteiger partial charge in [-0.25, -0.2) is 0 Å². The van der Waals surface area contributed by atoms with Gasteiger partial charge < -0.3 is 9.47 Å². The summed E-state index contributed by atoms with van der Waals surface area (Å²) in [6, 6.07) is 8.70. The number of alkyl halides is 3. The number of benzene rings is 2. The number of methoxy groups -OCH3 is 2. The van der Waals surface area contributed by atoms with Gasteiger partial charge >= 0.3 is 6.18 Å². The molecule has 0 radical (unpaired) electrons. The highest BCUT2D eigenvalue weighted by Gasteiger charge is 2.35. The van der Waals surface area contributed by atoms with E-state index in [1.165, 1.54) is 26.4 Å². The third-order valence-corrected chi connectivity index (χ3v) is 5.94. The van der Waals surface area contributed by atoms with Gasteiger partial charge in [0.2, 0.25) is 0 Å². The molecule has 0 saturated heterocycles. The van der Waals surface area contributed by atoms with Gasteiger partial charge in [-0.3, -0.25) is 9.36 Å². The maximum atomic E-state index is 13.7. The van der Waals surface area contributed by atoms with Gasteiger partial charge in [0.15, 0.2) is 0 Å². The Morgan fingerprint density at radius 1 is 1.00 bits per heavy atom. The lowest BCUT2D eigenvalue weighted by molar-refractivity contribution is -0.137. The van der Waals surface area contributed by atoms with E-state index in [-0.39, 0.29) is 5.69 Å². The van der Waals surface area contributed by atoms with Gasteiger partial charge in [0.1, 0.15) is 11.5 Å². The van der Waals surface area contributed by atoms with Crippen molar-refractivity contribution in [3.05, 3.63) is 74.1 Å². The molecule has 8 heteroatoms. The van der Waals surface area contributed by atoms with Crippen LogP contribution in [0.25, 0.3) is 16.8 Å². The molecule has 1 aromatic heterocycles. The fourth-order valence-electron chi connectivity index (χ4n) is 4.03. The molecule has 0 atom stereocenters. The molecule has 0 N–H and O–H groups in total. The van der Waals surface area contributed by atoms with Crippen LogP contribution in [-0.2, 0) is 19.0 Å². The highest BCUT2D eigenvalue weighted by atomic mass is 79.9. The summed E-state index contributed by atoms with van der Waals surface area (Å²) >= 11 is 3.23. The Morgan fingerprint density at radius 3 is 2.29 bits per heavy atom. The van der Waals surface area contributed by atoms with Crippen LogP contribution in [0.5, 0.6) is 11.5 Å². The summed E-state index contributed by atoms with van der Waals surface area (Å²) in [6.45, 7) is 0. The van der Waals surface area contributed by atoms with Crippen molar-refractivity contribution in [1.82, 2.24) is 4.57 Å². The largest absolute Gasteiger partial charge is 0.497 e. The fourth-order valence-corrected chi connectivity index (χ4v) is 4.38. The Morgan fingerprint density at radius 2 is 1.68 bits per heavy atom. The number of fused-ring (bicyclic) bond motifs is 1. The molecule has 0 fully saturated rings. The summed E-state index contributed by atoms with van der Waals surface area (Å²) in [5.74, 6) is 0.990. The first-order valence-corrected chi connectivity index (χ1v) is 10.4. The van der Waals surface area contributed by atoms with Crippen LogP contribution in [0.4, 0.5) is 13.2 Å². The van der Waals surface area contributed by atoms with Gasteiger partial charge in [-0.15, -0.1) is 0 Å². The molecule has 0 saturated carbocycles. The lowest BCUT2D eigenvalue weighted by Crippen LogP contribution is -2.24. The molecule has 3 aromatic rings. The van der Waals surface area contributed by atoms with Gasteiger partial charge in [-0.05, 0) is 66.3 Å². The van der Waals surface area contributed by atoms with Crippen LogP contribution in [0.1, 0.15) is 23.1 Å². The van der Waals surface area contributed by atoms with Gasteiger partial charge in [0.25, 0.3) is 5.56 Å². The van der Waals surface area contributed by atoms with E-state index in [4.69, 9.17) is 9.47 Å². The third-order valence-electron chi connectivity index (χ3n) is 5.44. The van der Waals surface area contributed by atoms with Gasteiger partial charge in [0.05, 0.1) is 31.0 Å². The van der Waals surface area contributed by atoms with Gasteiger partial charge in [0, 0.05) is 16.7 Å². The molecule has 0 amide bonds. The van der Waals surface area contributed by atoms with Crippen LogP contribution in [0, 0.1) is 0 Å². The van der Waals surface area contributed by atoms with Crippen LogP contribution >= 0.6 is 15.9 Å². The minimum atomic E-state index is -4.60. The third kappa shape index (κ3) is 3.96. The first-order valence-electron chi connectivity index (χ1n) is 9.61. The predicted octanol–water partition coefficient (Wildman–Crippen LogP) is 5.79. The Kier molecular flexibility index (Phi) is 5.60. The monoisotopic (exact) mass is 493 g/mol. The molecule has 0 aliphatic heterocycles. The zero-order valence-electron chi connectivity index (χ0n) is 16.8. The van der Waals surface area contributed by atoms with E-state index in [1.807, 2.05) is 0 Å². The van der Waals surface area contributed by atoms with Crippen molar-refractivity contribution in [3.63, 3.8) is 0 Å². The molecule has 162 valence electrons. The highest BCUT2D eigenvalue weighted by Crippen LogP contribution is 2.38. The van der Waals surface area contributed by atoms with Crippen molar-refractivity contribution in [2.45, 2.75) is 25.4 Å². The number of hydrogen-bond donors (Lipinski definition) is 0. The van der Waals surface area contributed by atoms with E-state index in [0.29, 0.717) is 39.9 Å². The van der Waals surface area contributed by atoms with Crippen molar-refractivity contribution in [2.24, 2.45) is 0 Å². The molecule has 1 aliphatic rings. The lowest BCUT2D eigenvalue weighted by Gasteiger charge is -2.19. The number of halogens is 4. The van der Waals surface area contributed by atoms with Crippen molar-refractivity contribution in [2.75, 3.05) is 14.2 Å². The van der Waals surface area contributed by atoms with Crippen LogP contribution < -0.4 is 15.0 Å². The number of aryl methyl sites for hydroxylation is 1. The van der Waals surface area contributed by atoms with Crippen molar-refractivity contribution >= 4 is 15.9 Å². The van der Waals surface area contributed by atoms with Crippen LogP contribution in [0.3, 0.4) is 0 Å². The quantitative estimate of drug-likeness (QED) is 0.461. The van der Waals surface area contributed by atoms with Crippen molar-refractivity contribution in [3.8, 4) is 28.3 Å². The standard InChI is InChI=1S/C23H19BrF3NO3/c1-30-16-8-14(9-17(11-16)31-2)21-18-5-3-4-13(18)12-28(22(21)29)20-10-15(24)6-7-19(20)23(25,26)27/h6-12H,3-5H2,1-2H3. The predicted molar refractivity (Wildman–Crippen MR) is 115 cm³/mol. The Bertz CT molecular complexity index is 1200. The van der Waals surface area contributed by atoms with E-state index in [2.05, 4.69) is 15.9 Å².